The van der Waals surface area contributed by atoms with Crippen molar-refractivity contribution in [3.8, 4) is 0 Å². The number of benzene rings is 2. The Labute approximate surface area is 129 Å². The molecule has 0 aliphatic heterocycles. The molecule has 20 heavy (non-hydrogen) atoms. The van der Waals surface area contributed by atoms with Gasteiger partial charge in [0.1, 0.15) is 0 Å². The van der Waals surface area contributed by atoms with Gasteiger partial charge >= 0.3 is 0 Å². The Hall–Kier alpha value is -1.32. The summed E-state index contributed by atoms with van der Waals surface area (Å²) in [7, 11) is 1.72. The van der Waals surface area contributed by atoms with Crippen LogP contribution >= 0.6 is 15.9 Å². The number of hydrogen-bond donors (Lipinski definition) is 1. The molecule has 0 radical (unpaired) electrons. The van der Waals surface area contributed by atoms with E-state index in [1.165, 1.54) is 22.3 Å². The van der Waals surface area contributed by atoms with Crippen molar-refractivity contribution in [3.63, 3.8) is 0 Å². The van der Waals surface area contributed by atoms with E-state index in [9.17, 15) is 0 Å². The highest BCUT2D eigenvalue weighted by atomic mass is 79.9. The molecule has 3 heteroatoms. The normalized spacial score (nSPS) is 10.6. The standard InChI is InChI=1S/C17H20BrNO/c1-12-8-13(2)17(16(18)9-12)19-10-14-4-6-15(7-5-14)11-20-3/h4-9,19H,10-11H2,1-3H3. The van der Waals surface area contributed by atoms with Crippen LogP contribution in [-0.4, -0.2) is 7.11 Å². The number of aryl methyl sites for hydroxylation is 2. The first kappa shape index (κ1) is 15.1. The lowest BCUT2D eigenvalue weighted by Crippen LogP contribution is -2.02. The Bertz CT molecular complexity index is 555. The third-order valence-corrected chi connectivity index (χ3v) is 3.86. The fraction of sp³-hybridized carbons (Fsp3) is 0.294. The summed E-state index contributed by atoms with van der Waals surface area (Å²) in [4.78, 5) is 0. The van der Waals surface area contributed by atoms with Crippen molar-refractivity contribution >= 4 is 21.6 Å². The number of rotatable bonds is 5. The van der Waals surface area contributed by atoms with Crippen LogP contribution in [0.3, 0.4) is 0 Å². The average molecular weight is 334 g/mol. The lowest BCUT2D eigenvalue weighted by Gasteiger charge is -2.13. The van der Waals surface area contributed by atoms with Crippen molar-refractivity contribution in [2.75, 3.05) is 12.4 Å². The smallest absolute Gasteiger partial charge is 0.0713 e. The van der Waals surface area contributed by atoms with Crippen LogP contribution in [0.2, 0.25) is 0 Å². The van der Waals surface area contributed by atoms with Gasteiger partial charge in [-0.2, -0.15) is 0 Å². The minimum absolute atomic E-state index is 0.663. The first-order valence-corrected chi connectivity index (χ1v) is 7.47. The molecular weight excluding hydrogens is 314 g/mol. The van der Waals surface area contributed by atoms with E-state index in [1.807, 2.05) is 0 Å². The number of ether oxygens (including phenoxy) is 1. The first-order valence-electron chi connectivity index (χ1n) is 6.67. The monoisotopic (exact) mass is 333 g/mol. The van der Waals surface area contributed by atoms with E-state index in [2.05, 4.69) is 71.5 Å². The molecule has 2 aromatic rings. The third kappa shape index (κ3) is 3.84. The number of nitrogens with one attached hydrogen (secondary N) is 1. The van der Waals surface area contributed by atoms with Gasteiger partial charge in [-0.15, -0.1) is 0 Å². The zero-order chi connectivity index (χ0) is 14.5. The molecule has 0 saturated heterocycles. The molecule has 0 spiro atoms. The van der Waals surface area contributed by atoms with Crippen LogP contribution in [0.5, 0.6) is 0 Å². The van der Waals surface area contributed by atoms with E-state index in [4.69, 9.17) is 4.74 Å². The molecule has 0 fully saturated rings. The molecule has 0 aromatic heterocycles. The molecule has 0 amide bonds. The maximum Gasteiger partial charge on any atom is 0.0713 e. The summed E-state index contributed by atoms with van der Waals surface area (Å²) in [6.45, 7) is 5.71. The largest absolute Gasteiger partial charge is 0.380 e. The van der Waals surface area contributed by atoms with Crippen molar-refractivity contribution in [3.05, 3.63) is 63.1 Å². The van der Waals surface area contributed by atoms with Crippen LogP contribution in [0.15, 0.2) is 40.9 Å². The molecule has 0 unspecified atom stereocenters. The number of methoxy groups -OCH3 is 1. The van der Waals surface area contributed by atoms with E-state index < -0.39 is 0 Å². The number of hydrogen-bond acceptors (Lipinski definition) is 2. The van der Waals surface area contributed by atoms with Gasteiger partial charge in [-0.25, -0.2) is 0 Å². The molecule has 0 saturated carbocycles. The zero-order valence-corrected chi connectivity index (χ0v) is 13.8. The van der Waals surface area contributed by atoms with Crippen LogP contribution in [-0.2, 0) is 17.9 Å². The van der Waals surface area contributed by atoms with Crippen LogP contribution in [0, 0.1) is 13.8 Å². The minimum atomic E-state index is 0.663. The Balaban J connectivity index is 2.05. The predicted octanol–water partition coefficient (Wildman–Crippen LogP) is 4.82. The summed E-state index contributed by atoms with van der Waals surface area (Å²) >= 11 is 3.62. The highest BCUT2D eigenvalue weighted by Crippen LogP contribution is 2.28. The summed E-state index contributed by atoms with van der Waals surface area (Å²) in [5, 5.41) is 3.50. The Morgan fingerprint density at radius 1 is 1.05 bits per heavy atom. The van der Waals surface area contributed by atoms with Gasteiger partial charge < -0.3 is 10.1 Å². The van der Waals surface area contributed by atoms with Crippen molar-refractivity contribution in [2.24, 2.45) is 0 Å². The molecule has 2 rings (SSSR count). The molecule has 0 atom stereocenters. The lowest BCUT2D eigenvalue weighted by atomic mass is 10.1. The van der Waals surface area contributed by atoms with E-state index in [0.717, 1.165) is 16.7 Å². The van der Waals surface area contributed by atoms with Gasteiger partial charge in [0.05, 0.1) is 12.3 Å². The fourth-order valence-electron chi connectivity index (χ4n) is 2.25. The van der Waals surface area contributed by atoms with Crippen molar-refractivity contribution in [1.29, 1.82) is 0 Å². The maximum absolute atomic E-state index is 5.12. The van der Waals surface area contributed by atoms with E-state index in [-0.39, 0.29) is 0 Å². The maximum atomic E-state index is 5.12. The topological polar surface area (TPSA) is 21.3 Å². The van der Waals surface area contributed by atoms with Gasteiger partial charge in [0, 0.05) is 18.1 Å². The average Bonchev–Trinajstić information content (AvgIpc) is 2.39. The molecule has 0 bridgehead atoms. The van der Waals surface area contributed by atoms with Crippen molar-refractivity contribution in [1.82, 2.24) is 0 Å². The zero-order valence-electron chi connectivity index (χ0n) is 12.2. The lowest BCUT2D eigenvalue weighted by molar-refractivity contribution is 0.185. The van der Waals surface area contributed by atoms with Crippen LogP contribution in [0.25, 0.3) is 0 Å². The quantitative estimate of drug-likeness (QED) is 0.846. The van der Waals surface area contributed by atoms with Crippen molar-refractivity contribution in [2.45, 2.75) is 27.0 Å². The van der Waals surface area contributed by atoms with Gasteiger partial charge in [0.25, 0.3) is 0 Å². The summed E-state index contributed by atoms with van der Waals surface area (Å²) in [6.07, 6.45) is 0. The second-order valence-corrected chi connectivity index (χ2v) is 5.90. The predicted molar refractivity (Wildman–Crippen MR) is 88.1 cm³/mol. The van der Waals surface area contributed by atoms with Gasteiger partial charge in [-0.3, -0.25) is 0 Å². The third-order valence-electron chi connectivity index (χ3n) is 3.24. The fourth-order valence-corrected chi connectivity index (χ4v) is 3.06. The van der Waals surface area contributed by atoms with E-state index in [1.54, 1.807) is 7.11 Å². The van der Waals surface area contributed by atoms with Crippen molar-refractivity contribution < 1.29 is 4.74 Å². The van der Waals surface area contributed by atoms with Crippen LogP contribution < -0.4 is 5.32 Å². The second-order valence-electron chi connectivity index (χ2n) is 5.04. The molecule has 0 aliphatic rings. The summed E-state index contributed by atoms with van der Waals surface area (Å²) in [6, 6.07) is 12.8. The number of anilines is 1. The summed E-state index contributed by atoms with van der Waals surface area (Å²) in [5.74, 6) is 0. The minimum Gasteiger partial charge on any atom is -0.380 e. The second kappa shape index (κ2) is 6.91. The SMILES string of the molecule is COCc1ccc(CNc2c(C)cc(C)cc2Br)cc1. The van der Waals surface area contributed by atoms with Gasteiger partial charge in [0.2, 0.25) is 0 Å². The molecule has 106 valence electrons. The molecule has 2 aromatic carbocycles. The Morgan fingerprint density at radius 3 is 2.30 bits per heavy atom. The Morgan fingerprint density at radius 2 is 1.70 bits per heavy atom. The number of halogens is 1. The first-order chi connectivity index (χ1) is 9.60. The molecule has 0 heterocycles. The molecule has 2 nitrogen and oxygen atoms in total. The molecule has 1 N–H and O–H groups in total. The summed E-state index contributed by atoms with van der Waals surface area (Å²) in [5.41, 5.74) is 6.15. The summed E-state index contributed by atoms with van der Waals surface area (Å²) < 4.78 is 6.23. The Kier molecular flexibility index (Phi) is 5.21. The van der Waals surface area contributed by atoms with E-state index >= 15 is 0 Å². The highest BCUT2D eigenvalue weighted by Gasteiger charge is 2.04. The van der Waals surface area contributed by atoms with E-state index in [0.29, 0.717) is 6.61 Å². The van der Waals surface area contributed by atoms with Gasteiger partial charge in [-0.1, -0.05) is 30.3 Å². The highest BCUT2D eigenvalue weighted by molar-refractivity contribution is 9.10. The molecular formula is C17H20BrNO. The van der Waals surface area contributed by atoms with Crippen LogP contribution in [0.4, 0.5) is 5.69 Å². The van der Waals surface area contributed by atoms with Crippen LogP contribution in [0.1, 0.15) is 22.3 Å². The van der Waals surface area contributed by atoms with Gasteiger partial charge in [-0.05, 0) is 58.1 Å². The molecule has 0 aliphatic carbocycles. The van der Waals surface area contributed by atoms with Gasteiger partial charge in [0.15, 0.2) is 0 Å².